The lowest BCUT2D eigenvalue weighted by Gasteiger charge is -2.35. The van der Waals surface area contributed by atoms with E-state index in [9.17, 15) is 0 Å². The first-order chi connectivity index (χ1) is 68.8. The van der Waals surface area contributed by atoms with E-state index >= 15 is 0 Å². The Kier molecular flexibility index (Phi) is 23.3. The molecule has 0 saturated carbocycles. The minimum Gasteiger partial charge on any atom is -0.310 e. The Morgan fingerprint density at radius 3 is 0.986 bits per heavy atom. The van der Waals surface area contributed by atoms with Crippen LogP contribution in [0.15, 0.2) is 485 Å². The fourth-order valence-electron chi connectivity index (χ4n) is 21.1. The van der Waals surface area contributed by atoms with Gasteiger partial charge in [0.25, 0.3) is 0 Å². The molecule has 21 aromatic carbocycles. The molecule has 25 aromatic rings. The average Bonchev–Trinajstić information content (AvgIpc) is 1.53. The van der Waals surface area contributed by atoms with Crippen molar-refractivity contribution in [1.82, 2.24) is 0 Å². The zero-order valence-corrected chi connectivity index (χ0v) is 82.4. The van der Waals surface area contributed by atoms with Gasteiger partial charge in [0.2, 0.25) is 0 Å². The molecule has 0 spiro atoms. The Labute approximate surface area is 849 Å². The predicted octanol–water partition coefficient (Wildman–Crippen LogP) is 40.5. The summed E-state index contributed by atoms with van der Waals surface area (Å²) in [5.41, 5.74) is 25.7. The van der Waals surface area contributed by atoms with Crippen molar-refractivity contribution in [2.75, 3.05) is 19.6 Å². The number of hydrogen-bond acceptors (Lipinski definition) is 8. The van der Waals surface area contributed by atoms with Gasteiger partial charge < -0.3 is 19.6 Å². The molecule has 4 aromatic heterocycles. The van der Waals surface area contributed by atoms with E-state index in [0.717, 1.165) is 77.6 Å². The molecule has 0 fully saturated rings. The summed E-state index contributed by atoms with van der Waals surface area (Å²) in [4.78, 5) is 9.30. The van der Waals surface area contributed by atoms with Crippen LogP contribution in [0.1, 0.15) is 47.2 Å². The number of hydrogen-bond donors (Lipinski definition) is 0. The van der Waals surface area contributed by atoms with Crippen LogP contribution in [0.25, 0.3) is 114 Å². The number of para-hydroxylation sites is 1. The largest absolute Gasteiger partial charge is 0.310 e. The summed E-state index contributed by atoms with van der Waals surface area (Å²) < 4.78 is 10.3. The molecule has 0 amide bonds. The molecular weight excluding hydrogens is 1860 g/mol. The quantitative estimate of drug-likeness (QED) is 0.108. The number of halogens is 4. The molecule has 4 heterocycles. The van der Waals surface area contributed by atoms with Gasteiger partial charge in [-0.25, -0.2) is 0 Å². The maximum atomic E-state index is 6.68. The molecule has 4 nitrogen and oxygen atoms in total. The number of benzene rings is 21. The molecule has 0 radical (unpaired) electrons. The third kappa shape index (κ3) is 15.9. The first-order valence-corrected chi connectivity index (χ1v) is 51.6. The van der Waals surface area contributed by atoms with E-state index in [1.807, 2.05) is 118 Å². The van der Waals surface area contributed by atoms with Crippen LogP contribution in [0.2, 0.25) is 20.1 Å². The summed E-state index contributed by atoms with van der Waals surface area (Å²) in [6, 6.07) is 173. The normalized spacial score (nSPS) is 12.5. The second kappa shape index (κ2) is 37.1. The van der Waals surface area contributed by atoms with Crippen LogP contribution in [-0.2, 0) is 10.8 Å². The third-order valence-corrected chi connectivity index (χ3v) is 32.9. The molecule has 27 rings (SSSR count). The van der Waals surface area contributed by atoms with E-state index in [1.165, 1.54) is 153 Å². The lowest BCUT2D eigenvalue weighted by molar-refractivity contribution is 0.660. The van der Waals surface area contributed by atoms with Crippen molar-refractivity contribution in [3.63, 3.8) is 0 Å². The van der Waals surface area contributed by atoms with Gasteiger partial charge in [0.15, 0.2) is 0 Å². The highest BCUT2D eigenvalue weighted by atomic mass is 35.5. The molecular formula is C128H86Cl4N4S4. The highest BCUT2D eigenvalue weighted by molar-refractivity contribution is 7.27. The monoisotopic (exact) mass is 1950 g/mol. The first-order valence-electron chi connectivity index (χ1n) is 46.8. The summed E-state index contributed by atoms with van der Waals surface area (Å²) in [5.74, 6) is 0. The van der Waals surface area contributed by atoms with Gasteiger partial charge in [0.1, 0.15) is 0 Å². The second-order valence-electron chi connectivity index (χ2n) is 35.8. The van der Waals surface area contributed by atoms with Crippen molar-refractivity contribution in [3.8, 4) is 22.3 Å². The number of thiophene rings is 4. The Morgan fingerprint density at radius 1 is 0.186 bits per heavy atom. The minimum absolute atomic E-state index is 0.0582. The van der Waals surface area contributed by atoms with Crippen LogP contribution < -0.4 is 19.6 Å². The molecule has 140 heavy (non-hydrogen) atoms. The zero-order valence-electron chi connectivity index (χ0n) is 76.1. The van der Waals surface area contributed by atoms with Gasteiger partial charge in [0.05, 0.1) is 31.9 Å². The smallest absolute Gasteiger partial charge is 0.0714 e. The molecule has 0 aliphatic heterocycles. The zero-order chi connectivity index (χ0) is 94.1. The summed E-state index contributed by atoms with van der Waals surface area (Å²) in [5, 5.41) is 15.7. The van der Waals surface area contributed by atoms with Crippen LogP contribution >= 0.6 is 91.8 Å². The Balaban J connectivity index is 0.000000103. The molecule has 2 aliphatic carbocycles. The maximum Gasteiger partial charge on any atom is 0.0714 e. The number of rotatable bonds is 14. The van der Waals surface area contributed by atoms with Crippen LogP contribution in [-0.4, -0.2) is 0 Å². The SMILES string of the molecule is CC1(C)c2ccccc2-c2ccc(N(c3cccc(Cl)c3)c3ccc4c(c3)sc3ccccc34)cc21.Clc1cccc(N(c2ccc3c(c2)C(c2ccccc2)(c2ccccc2)c2ccccc2-3)c2cccc3c2sc2ccccc23)c1.Clc1cccc(N(c2ccc3c(c2)sc2ccccc23)c2cccc3ccccc23)c1.Clc1cccc(N(c2ccccc2)c2cccc3c2sc2ccccc23)c1. The number of anilines is 12. The van der Waals surface area contributed by atoms with Gasteiger partial charge in [-0.15, -0.1) is 45.3 Å². The molecule has 0 N–H and O–H groups in total. The maximum absolute atomic E-state index is 6.68. The predicted molar refractivity (Wildman–Crippen MR) is 608 cm³/mol. The van der Waals surface area contributed by atoms with E-state index in [4.69, 9.17) is 46.4 Å². The Morgan fingerprint density at radius 2 is 0.486 bits per heavy atom. The van der Waals surface area contributed by atoms with Crippen molar-refractivity contribution in [1.29, 1.82) is 0 Å². The minimum atomic E-state index is -0.478. The van der Waals surface area contributed by atoms with Gasteiger partial charge in [-0.2, -0.15) is 0 Å². The van der Waals surface area contributed by atoms with Crippen molar-refractivity contribution >= 4 is 251 Å². The van der Waals surface area contributed by atoms with E-state index in [1.54, 1.807) is 0 Å². The summed E-state index contributed by atoms with van der Waals surface area (Å²) in [6.45, 7) is 4.66. The van der Waals surface area contributed by atoms with Crippen LogP contribution in [0.3, 0.4) is 0 Å². The highest BCUT2D eigenvalue weighted by Gasteiger charge is 2.47. The summed E-state index contributed by atoms with van der Waals surface area (Å²) in [6.07, 6.45) is 0. The van der Waals surface area contributed by atoms with E-state index in [-0.39, 0.29) is 5.41 Å². The number of nitrogens with zero attached hydrogens (tertiary/aromatic N) is 4. The first kappa shape index (κ1) is 87.9. The van der Waals surface area contributed by atoms with Gasteiger partial charge in [-0.1, -0.05) is 370 Å². The molecule has 12 heteroatoms. The molecule has 0 atom stereocenters. The third-order valence-electron chi connectivity index (χ3n) is 27.3. The van der Waals surface area contributed by atoms with E-state index in [2.05, 4.69) is 446 Å². The topological polar surface area (TPSA) is 13.0 Å². The van der Waals surface area contributed by atoms with Gasteiger partial charge in [-0.3, -0.25) is 0 Å². The van der Waals surface area contributed by atoms with E-state index < -0.39 is 5.41 Å². The van der Waals surface area contributed by atoms with Crippen LogP contribution in [0.4, 0.5) is 68.2 Å². The average molecular weight is 1950 g/mol. The molecule has 0 saturated heterocycles. The number of fused-ring (bicyclic) bond motifs is 19. The lowest BCUT2D eigenvalue weighted by atomic mass is 9.67. The molecule has 670 valence electrons. The summed E-state index contributed by atoms with van der Waals surface area (Å²) in [7, 11) is 0. The van der Waals surface area contributed by atoms with Gasteiger partial charge in [-0.05, 0) is 237 Å². The van der Waals surface area contributed by atoms with E-state index in [0.29, 0.717) is 5.02 Å². The summed E-state index contributed by atoms with van der Waals surface area (Å²) >= 11 is 33.3. The van der Waals surface area contributed by atoms with Crippen molar-refractivity contribution < 1.29 is 0 Å². The standard InChI is InChI=1S/C43H28ClNS.C33H24ClNS.C28H18ClNS.C24H16ClNS/c44-31-17-11-18-32(27-31)45(40-23-12-21-37-36-20-8-10-24-41(36)46-42(37)40)33-25-26-35-34-19-7-9-22-38(34)43(39(35)28-33,29-13-3-1-4-14-29)30-15-5-2-6-16-30;1-33(2)29-12-5-3-10-25(29)26-16-14-23(19-30(26)33)35(22-9-7-8-21(34)18-22)24-15-17-28-27-11-4-6-13-31(27)36-32(28)20-24;29-20-9-6-10-21(17-20)30(26-13-5-8-19-7-1-2-11-23(19)26)22-15-16-25-24-12-3-4-14-27(24)31-28(25)18-22;25-17-8-6-11-19(16-17)26(18-9-2-1-3-10-18)22-14-7-13-21-20-12-4-5-15-23(20)27-24(21)22/h1-28H;3-20H,1-2H3;1-18H;1-16H. The fraction of sp³-hybridized carbons (Fsp3) is 0.0312. The van der Waals surface area contributed by atoms with Gasteiger partial charge in [0, 0.05) is 153 Å². The highest BCUT2D eigenvalue weighted by Crippen LogP contribution is 2.60. The van der Waals surface area contributed by atoms with Crippen LogP contribution in [0, 0.1) is 0 Å². The van der Waals surface area contributed by atoms with Gasteiger partial charge >= 0.3 is 0 Å². The lowest BCUT2D eigenvalue weighted by Crippen LogP contribution is -2.28. The van der Waals surface area contributed by atoms with Crippen molar-refractivity contribution in [2.24, 2.45) is 0 Å². The van der Waals surface area contributed by atoms with Crippen molar-refractivity contribution in [2.45, 2.75) is 24.7 Å². The Bertz CT molecular complexity index is 9010. The Hall–Kier alpha value is -14.9. The fourth-order valence-corrected chi connectivity index (χ4v) is 26.5. The van der Waals surface area contributed by atoms with Crippen LogP contribution in [0.5, 0.6) is 0 Å². The second-order valence-corrected chi connectivity index (χ2v) is 41.8. The molecule has 0 unspecified atom stereocenters. The molecule has 2 aliphatic rings. The van der Waals surface area contributed by atoms with Crippen molar-refractivity contribution in [3.05, 3.63) is 539 Å². The molecule has 0 bridgehead atoms.